The number of para-hydroxylation sites is 1. The van der Waals surface area contributed by atoms with Gasteiger partial charge in [0.2, 0.25) is 0 Å². The van der Waals surface area contributed by atoms with Gasteiger partial charge in [0.15, 0.2) is 0 Å². The van der Waals surface area contributed by atoms with Crippen LogP contribution >= 0.6 is 0 Å². The van der Waals surface area contributed by atoms with Crippen LogP contribution in [0, 0.1) is 0 Å². The van der Waals surface area contributed by atoms with Crippen LogP contribution < -0.4 is 14.8 Å². The minimum Gasteiger partial charge on any atom is -0.496 e. The molecule has 0 fully saturated rings. The van der Waals surface area contributed by atoms with E-state index in [0.29, 0.717) is 24.5 Å². The summed E-state index contributed by atoms with van der Waals surface area (Å²) in [5, 5.41) is 2.89. The molecule has 0 aliphatic carbocycles. The summed E-state index contributed by atoms with van der Waals surface area (Å²) in [5.41, 5.74) is 2.41. The Kier molecular flexibility index (Phi) is 5.80. The molecule has 2 aromatic carbocycles. The zero-order chi connectivity index (χ0) is 16.7. The molecule has 23 heavy (non-hydrogen) atoms. The van der Waals surface area contributed by atoms with Gasteiger partial charge in [0.1, 0.15) is 18.1 Å². The van der Waals surface area contributed by atoms with Gasteiger partial charge in [-0.2, -0.15) is 0 Å². The predicted octanol–water partition coefficient (Wildman–Crippen LogP) is 3.58. The van der Waals surface area contributed by atoms with Gasteiger partial charge in [-0.05, 0) is 36.8 Å². The maximum absolute atomic E-state index is 12.3. The smallest absolute Gasteiger partial charge is 0.251 e. The Balaban J connectivity index is 2.00. The molecule has 0 atom stereocenters. The fourth-order valence-corrected chi connectivity index (χ4v) is 2.06. The van der Waals surface area contributed by atoms with E-state index in [1.165, 1.54) is 0 Å². The maximum atomic E-state index is 12.3. The molecule has 0 spiro atoms. The van der Waals surface area contributed by atoms with Crippen LogP contribution in [0.5, 0.6) is 11.5 Å². The monoisotopic (exact) mass is 311 g/mol. The highest BCUT2D eigenvalue weighted by Crippen LogP contribution is 2.18. The van der Waals surface area contributed by atoms with E-state index >= 15 is 0 Å². The van der Waals surface area contributed by atoms with Gasteiger partial charge in [0.05, 0.1) is 7.11 Å². The third-order valence-electron chi connectivity index (χ3n) is 3.21. The molecule has 0 saturated heterocycles. The van der Waals surface area contributed by atoms with Crippen molar-refractivity contribution in [3.8, 4) is 11.5 Å². The summed E-state index contributed by atoms with van der Waals surface area (Å²) in [5.74, 6) is 1.25. The number of carbonyl (C=O) groups excluding carboxylic acids is 1. The van der Waals surface area contributed by atoms with Gasteiger partial charge in [-0.25, -0.2) is 0 Å². The van der Waals surface area contributed by atoms with Gasteiger partial charge in [0.25, 0.3) is 5.91 Å². The first-order valence-corrected chi connectivity index (χ1v) is 7.37. The lowest BCUT2D eigenvalue weighted by molar-refractivity contribution is 0.0950. The number of hydrogen-bond donors (Lipinski definition) is 1. The fraction of sp³-hybridized carbons (Fsp3) is 0.211. The molecule has 2 rings (SSSR count). The lowest BCUT2D eigenvalue weighted by atomic mass is 10.1. The largest absolute Gasteiger partial charge is 0.496 e. The predicted molar refractivity (Wildman–Crippen MR) is 90.9 cm³/mol. The lowest BCUT2D eigenvalue weighted by Crippen LogP contribution is -2.23. The Hall–Kier alpha value is -2.75. The quantitative estimate of drug-likeness (QED) is 0.795. The van der Waals surface area contributed by atoms with Crippen molar-refractivity contribution < 1.29 is 14.3 Å². The van der Waals surface area contributed by atoms with Crippen molar-refractivity contribution in [3.63, 3.8) is 0 Å². The summed E-state index contributed by atoms with van der Waals surface area (Å²) in [6, 6.07) is 14.7. The van der Waals surface area contributed by atoms with Crippen LogP contribution in [-0.4, -0.2) is 19.6 Å². The average molecular weight is 311 g/mol. The number of carbonyl (C=O) groups is 1. The lowest BCUT2D eigenvalue weighted by Gasteiger charge is -2.10. The Bertz CT molecular complexity index is 695. The van der Waals surface area contributed by atoms with Crippen molar-refractivity contribution in [2.24, 2.45) is 0 Å². The molecule has 0 heterocycles. The third-order valence-corrected chi connectivity index (χ3v) is 3.21. The van der Waals surface area contributed by atoms with E-state index in [9.17, 15) is 4.79 Å². The van der Waals surface area contributed by atoms with Crippen LogP contribution in [0.25, 0.3) is 0 Å². The molecule has 4 nitrogen and oxygen atoms in total. The van der Waals surface area contributed by atoms with Crippen molar-refractivity contribution >= 4 is 5.91 Å². The number of rotatable bonds is 7. The van der Waals surface area contributed by atoms with E-state index in [1.807, 2.05) is 37.3 Å². The van der Waals surface area contributed by atoms with Gasteiger partial charge < -0.3 is 14.8 Å². The van der Waals surface area contributed by atoms with Crippen molar-refractivity contribution in [3.05, 3.63) is 71.8 Å². The molecule has 0 radical (unpaired) electrons. The van der Waals surface area contributed by atoms with Crippen LogP contribution in [0.15, 0.2) is 60.7 Å². The number of ether oxygens (including phenoxy) is 2. The maximum Gasteiger partial charge on any atom is 0.251 e. The molecular formula is C19H21NO3. The SMILES string of the molecule is C=C(C)COc1cccc(C(=O)NCc2ccccc2OC)c1. The van der Waals surface area contributed by atoms with E-state index in [0.717, 1.165) is 16.9 Å². The highest BCUT2D eigenvalue weighted by atomic mass is 16.5. The molecule has 1 N–H and O–H groups in total. The van der Waals surface area contributed by atoms with Crippen LogP contribution in [-0.2, 0) is 6.54 Å². The first-order chi connectivity index (χ1) is 11.1. The van der Waals surface area contributed by atoms with E-state index < -0.39 is 0 Å². The highest BCUT2D eigenvalue weighted by Gasteiger charge is 2.08. The van der Waals surface area contributed by atoms with Gasteiger partial charge in [-0.1, -0.05) is 30.8 Å². The molecule has 0 saturated carbocycles. The Morgan fingerprint density at radius 2 is 1.96 bits per heavy atom. The fourth-order valence-electron chi connectivity index (χ4n) is 2.06. The number of amides is 1. The Morgan fingerprint density at radius 1 is 1.17 bits per heavy atom. The third kappa shape index (κ3) is 4.88. The van der Waals surface area contributed by atoms with Crippen molar-refractivity contribution in [2.75, 3.05) is 13.7 Å². The number of methoxy groups -OCH3 is 1. The Morgan fingerprint density at radius 3 is 2.70 bits per heavy atom. The average Bonchev–Trinajstić information content (AvgIpc) is 2.58. The minimum atomic E-state index is -0.156. The zero-order valence-electron chi connectivity index (χ0n) is 13.5. The van der Waals surface area contributed by atoms with Gasteiger partial charge in [0, 0.05) is 17.7 Å². The van der Waals surface area contributed by atoms with E-state index in [-0.39, 0.29) is 5.91 Å². The molecule has 0 aliphatic rings. The summed E-state index contributed by atoms with van der Waals surface area (Å²) in [4.78, 5) is 12.3. The molecular weight excluding hydrogens is 290 g/mol. The van der Waals surface area contributed by atoms with E-state index in [1.54, 1.807) is 25.3 Å². The highest BCUT2D eigenvalue weighted by molar-refractivity contribution is 5.94. The zero-order valence-corrected chi connectivity index (χ0v) is 13.5. The molecule has 0 aromatic heterocycles. The van der Waals surface area contributed by atoms with Crippen molar-refractivity contribution in [1.82, 2.24) is 5.32 Å². The van der Waals surface area contributed by atoms with Crippen LogP contribution in [0.1, 0.15) is 22.8 Å². The van der Waals surface area contributed by atoms with Crippen LogP contribution in [0.2, 0.25) is 0 Å². The Labute approximate surface area is 136 Å². The molecule has 2 aromatic rings. The summed E-state index contributed by atoms with van der Waals surface area (Å²) < 4.78 is 10.8. The molecule has 0 unspecified atom stereocenters. The molecule has 4 heteroatoms. The summed E-state index contributed by atoms with van der Waals surface area (Å²) in [6.45, 7) is 6.52. The van der Waals surface area contributed by atoms with E-state index in [4.69, 9.17) is 9.47 Å². The molecule has 0 bridgehead atoms. The van der Waals surface area contributed by atoms with Crippen molar-refractivity contribution in [2.45, 2.75) is 13.5 Å². The molecule has 0 aliphatic heterocycles. The number of benzene rings is 2. The summed E-state index contributed by atoms with van der Waals surface area (Å²) >= 11 is 0. The first-order valence-electron chi connectivity index (χ1n) is 7.37. The second-order valence-electron chi connectivity index (χ2n) is 5.27. The summed E-state index contributed by atoms with van der Waals surface area (Å²) in [7, 11) is 1.61. The molecule has 120 valence electrons. The second kappa shape index (κ2) is 8.03. The van der Waals surface area contributed by atoms with Crippen LogP contribution in [0.3, 0.4) is 0 Å². The minimum absolute atomic E-state index is 0.156. The van der Waals surface area contributed by atoms with Gasteiger partial charge in [-0.15, -0.1) is 0 Å². The second-order valence-corrected chi connectivity index (χ2v) is 5.27. The number of nitrogens with one attached hydrogen (secondary N) is 1. The summed E-state index contributed by atoms with van der Waals surface area (Å²) in [6.07, 6.45) is 0. The molecule has 1 amide bonds. The van der Waals surface area contributed by atoms with Gasteiger partial charge in [-0.3, -0.25) is 4.79 Å². The van der Waals surface area contributed by atoms with Crippen LogP contribution in [0.4, 0.5) is 0 Å². The topological polar surface area (TPSA) is 47.6 Å². The van der Waals surface area contributed by atoms with E-state index in [2.05, 4.69) is 11.9 Å². The normalized spacial score (nSPS) is 10.0. The van der Waals surface area contributed by atoms with Gasteiger partial charge >= 0.3 is 0 Å². The standard InChI is InChI=1S/C19H21NO3/c1-14(2)13-23-17-9-6-8-15(11-17)19(21)20-12-16-7-4-5-10-18(16)22-3/h4-11H,1,12-13H2,2-3H3,(H,20,21). The first kappa shape index (κ1) is 16.6. The number of hydrogen-bond acceptors (Lipinski definition) is 3. The van der Waals surface area contributed by atoms with Crippen molar-refractivity contribution in [1.29, 1.82) is 0 Å².